The summed E-state index contributed by atoms with van der Waals surface area (Å²) in [6.45, 7) is 1.15. The van der Waals surface area contributed by atoms with E-state index in [1.54, 1.807) is 37.7 Å². The van der Waals surface area contributed by atoms with Gasteiger partial charge in [-0.3, -0.25) is 4.79 Å². The van der Waals surface area contributed by atoms with E-state index in [1.165, 1.54) is 0 Å². The van der Waals surface area contributed by atoms with Crippen molar-refractivity contribution in [2.45, 2.75) is 19.4 Å². The summed E-state index contributed by atoms with van der Waals surface area (Å²) in [6, 6.07) is 10.6. The predicted octanol–water partition coefficient (Wildman–Crippen LogP) is 3.33. The lowest BCUT2D eigenvalue weighted by Crippen LogP contribution is -2.15. The molecule has 0 unspecified atom stereocenters. The van der Waals surface area contributed by atoms with Crippen LogP contribution in [0.3, 0.4) is 0 Å². The number of fused-ring (bicyclic) bond motifs is 5. The van der Waals surface area contributed by atoms with Crippen LogP contribution in [0.5, 0.6) is 11.5 Å². The maximum Gasteiger partial charge on any atom is 0.260 e. The number of nitrogens with zero attached hydrogens (tertiary/aromatic N) is 4. The Morgan fingerprint density at radius 3 is 3.03 bits per heavy atom. The van der Waals surface area contributed by atoms with Gasteiger partial charge in [0.25, 0.3) is 5.91 Å². The number of hydrogen-bond acceptors (Lipinski definition) is 6. The molecule has 4 rings (SSSR count). The number of carbonyl (C=O) groups excluding carboxylic acids is 1. The molecular weight excluding hydrogens is 370 g/mol. The van der Waals surface area contributed by atoms with Gasteiger partial charge < -0.3 is 19.4 Å². The first-order chi connectivity index (χ1) is 14.2. The Morgan fingerprint density at radius 1 is 1.21 bits per heavy atom. The zero-order valence-electron chi connectivity index (χ0n) is 16.0. The minimum Gasteiger partial charge on any atom is -0.497 e. The van der Waals surface area contributed by atoms with E-state index >= 15 is 0 Å². The van der Waals surface area contributed by atoms with Crippen LogP contribution in [0.4, 0.5) is 5.82 Å². The average Bonchev–Trinajstić information content (AvgIpc) is 3.21. The monoisotopic (exact) mass is 391 g/mol. The third kappa shape index (κ3) is 4.26. The summed E-state index contributed by atoms with van der Waals surface area (Å²) < 4.78 is 13.0. The van der Waals surface area contributed by atoms with E-state index in [0.717, 1.165) is 19.4 Å². The van der Waals surface area contributed by atoms with Crippen molar-refractivity contribution in [3.63, 3.8) is 0 Å². The highest BCUT2D eigenvalue weighted by Gasteiger charge is 2.16. The van der Waals surface area contributed by atoms with Gasteiger partial charge in [-0.05, 0) is 43.2 Å². The van der Waals surface area contributed by atoms with Crippen LogP contribution < -0.4 is 14.8 Å². The van der Waals surface area contributed by atoms with Gasteiger partial charge in [0.05, 0.1) is 12.7 Å². The van der Waals surface area contributed by atoms with Crippen LogP contribution in [0.2, 0.25) is 0 Å². The second-order valence-electron chi connectivity index (χ2n) is 6.50. The largest absolute Gasteiger partial charge is 0.497 e. The number of aromatic nitrogens is 4. The van der Waals surface area contributed by atoms with Crippen molar-refractivity contribution in [1.82, 2.24) is 19.7 Å². The molecule has 1 aromatic carbocycles. The van der Waals surface area contributed by atoms with E-state index in [0.29, 0.717) is 41.0 Å². The van der Waals surface area contributed by atoms with Crippen molar-refractivity contribution in [2.75, 3.05) is 19.0 Å². The van der Waals surface area contributed by atoms with Crippen LogP contribution in [0.25, 0.3) is 11.5 Å². The Bertz CT molecular complexity index is 1040. The molecule has 0 radical (unpaired) electrons. The van der Waals surface area contributed by atoms with Crippen molar-refractivity contribution in [1.29, 1.82) is 0 Å². The van der Waals surface area contributed by atoms with E-state index in [9.17, 15) is 4.79 Å². The Balaban J connectivity index is 1.72. The molecule has 0 aliphatic carbocycles. The fourth-order valence-electron chi connectivity index (χ4n) is 3.07. The number of amides is 1. The van der Waals surface area contributed by atoms with Crippen LogP contribution in [-0.2, 0) is 6.54 Å². The van der Waals surface area contributed by atoms with Crippen molar-refractivity contribution in [3.8, 4) is 23.0 Å². The maximum absolute atomic E-state index is 12.9. The van der Waals surface area contributed by atoms with Crippen LogP contribution in [0, 0.1) is 0 Å². The van der Waals surface area contributed by atoms with Gasteiger partial charge in [0.1, 0.15) is 35.9 Å². The zero-order valence-corrected chi connectivity index (χ0v) is 16.0. The molecule has 0 fully saturated rings. The normalized spacial score (nSPS) is 15.4. The molecular formula is C21H21N5O3. The lowest BCUT2D eigenvalue weighted by molar-refractivity contribution is 0.102. The van der Waals surface area contributed by atoms with Crippen molar-refractivity contribution >= 4 is 11.7 Å². The van der Waals surface area contributed by atoms with Gasteiger partial charge in [-0.15, -0.1) is 10.2 Å². The number of benzene rings is 1. The van der Waals surface area contributed by atoms with Crippen LogP contribution in [0.1, 0.15) is 23.2 Å². The number of methoxy groups -OCH3 is 1. The Hall–Kier alpha value is -3.68. The summed E-state index contributed by atoms with van der Waals surface area (Å²) in [5.41, 5.74) is 1.02. The lowest BCUT2D eigenvalue weighted by atomic mass is 10.1. The molecule has 1 amide bonds. The number of nitrogens with one attached hydrogen (secondary N) is 1. The molecule has 2 aromatic heterocycles. The quantitative estimate of drug-likeness (QED) is 0.640. The molecule has 1 aliphatic rings. The number of aryl methyl sites for hydroxylation is 1. The molecule has 0 saturated heterocycles. The van der Waals surface area contributed by atoms with Gasteiger partial charge in [-0.1, -0.05) is 18.2 Å². The highest BCUT2D eigenvalue weighted by atomic mass is 16.5. The highest BCUT2D eigenvalue weighted by molar-refractivity contribution is 6.06. The Morgan fingerprint density at radius 2 is 2.14 bits per heavy atom. The molecule has 1 aliphatic heterocycles. The summed E-state index contributed by atoms with van der Waals surface area (Å²) >= 11 is 0. The van der Waals surface area contributed by atoms with Gasteiger partial charge >= 0.3 is 0 Å². The fourth-order valence-corrected chi connectivity index (χ4v) is 3.07. The molecule has 148 valence electrons. The second kappa shape index (κ2) is 8.55. The van der Waals surface area contributed by atoms with E-state index in [1.807, 2.05) is 22.8 Å². The first-order valence-electron chi connectivity index (χ1n) is 9.37. The fraction of sp³-hybridized carbons (Fsp3) is 0.238. The number of anilines is 1. The van der Waals surface area contributed by atoms with Crippen molar-refractivity contribution in [3.05, 3.63) is 60.4 Å². The van der Waals surface area contributed by atoms with Crippen LogP contribution in [0.15, 0.2) is 54.9 Å². The molecule has 2 bridgehead atoms. The third-order valence-corrected chi connectivity index (χ3v) is 4.54. The van der Waals surface area contributed by atoms with Crippen molar-refractivity contribution < 1.29 is 14.3 Å². The topological polar surface area (TPSA) is 91.2 Å². The third-order valence-electron chi connectivity index (χ3n) is 4.54. The van der Waals surface area contributed by atoms with E-state index in [-0.39, 0.29) is 5.91 Å². The minimum atomic E-state index is -0.332. The van der Waals surface area contributed by atoms with E-state index < -0.39 is 0 Å². The lowest BCUT2D eigenvalue weighted by Gasteiger charge is -2.13. The summed E-state index contributed by atoms with van der Waals surface area (Å²) in [5, 5.41) is 11.0. The number of carbonyl (C=O) groups is 1. The van der Waals surface area contributed by atoms with Gasteiger partial charge in [-0.25, -0.2) is 4.98 Å². The molecule has 1 N–H and O–H groups in total. The van der Waals surface area contributed by atoms with Gasteiger partial charge in [0, 0.05) is 6.54 Å². The molecule has 3 aromatic rings. The van der Waals surface area contributed by atoms with E-state index in [2.05, 4.69) is 26.6 Å². The van der Waals surface area contributed by atoms with Gasteiger partial charge in [-0.2, -0.15) is 0 Å². The van der Waals surface area contributed by atoms with Crippen molar-refractivity contribution in [2.24, 2.45) is 0 Å². The molecule has 0 atom stereocenters. The zero-order chi connectivity index (χ0) is 20.1. The molecule has 8 nitrogen and oxygen atoms in total. The minimum absolute atomic E-state index is 0.332. The summed E-state index contributed by atoms with van der Waals surface area (Å²) in [6.07, 6.45) is 7.55. The first-order valence-corrected chi connectivity index (χ1v) is 9.37. The van der Waals surface area contributed by atoms with Gasteiger partial charge in [0.2, 0.25) is 0 Å². The summed E-state index contributed by atoms with van der Waals surface area (Å²) in [4.78, 5) is 17.5. The Labute approximate surface area is 168 Å². The van der Waals surface area contributed by atoms with E-state index in [4.69, 9.17) is 9.47 Å². The number of hydrogen-bond donors (Lipinski definition) is 1. The molecule has 0 saturated carbocycles. The number of pyridine rings is 1. The van der Waals surface area contributed by atoms with Crippen LogP contribution in [-0.4, -0.2) is 39.4 Å². The number of ether oxygens (including phenoxy) is 2. The first kappa shape index (κ1) is 18.7. The van der Waals surface area contributed by atoms with Gasteiger partial charge in [0.15, 0.2) is 5.82 Å². The standard InChI is InChI=1S/C21H21N5O3/c1-28-15-9-10-18-16(13-15)21(27)24-19-8-6-7-17(23-19)20-25-22-14-26(20)11-4-2-3-5-12-29-18/h3,5-10,13-14H,2,4,11-12H2,1H3,(H,23,24,27)/b5-3-. The molecule has 8 heteroatoms. The summed E-state index contributed by atoms with van der Waals surface area (Å²) in [5.74, 6) is 1.81. The molecule has 3 heterocycles. The Kier molecular flexibility index (Phi) is 5.51. The SMILES string of the molecule is COc1ccc2c(c1)C(=O)Nc1cccc(n1)-c1nncn1CCC/C=C\CO2. The highest BCUT2D eigenvalue weighted by Crippen LogP contribution is 2.26. The summed E-state index contributed by atoms with van der Waals surface area (Å²) in [7, 11) is 1.56. The number of rotatable bonds is 1. The maximum atomic E-state index is 12.9. The second-order valence-corrected chi connectivity index (χ2v) is 6.50. The predicted molar refractivity (Wildman–Crippen MR) is 108 cm³/mol. The van der Waals surface area contributed by atoms with Crippen LogP contribution >= 0.6 is 0 Å². The molecule has 0 spiro atoms. The smallest absolute Gasteiger partial charge is 0.260 e. The molecule has 29 heavy (non-hydrogen) atoms. The average molecular weight is 391 g/mol. The number of allylic oxidation sites excluding steroid dienone is 1.